The zero-order chi connectivity index (χ0) is 14.8. The fourth-order valence-corrected chi connectivity index (χ4v) is 3.70. The summed E-state index contributed by atoms with van der Waals surface area (Å²) in [5, 5.41) is 9.60. The highest BCUT2D eigenvalue weighted by atomic mass is 35.5. The summed E-state index contributed by atoms with van der Waals surface area (Å²) >= 11 is 11.4. The fraction of sp³-hybridized carbons (Fsp3) is 0.545. The lowest BCUT2D eigenvalue weighted by molar-refractivity contribution is 0.0223. The maximum atomic E-state index is 12.3. The van der Waals surface area contributed by atoms with Gasteiger partial charge in [0.15, 0.2) is 0 Å². The molecule has 0 atom stereocenters. The van der Waals surface area contributed by atoms with Crippen LogP contribution in [-0.4, -0.2) is 43.9 Å². The maximum Gasteiger partial charge on any atom is 0.242 e. The Labute approximate surface area is 127 Å². The van der Waals surface area contributed by atoms with Crippen molar-refractivity contribution in [1.29, 1.82) is 0 Å². The van der Waals surface area contributed by atoms with Crippen molar-refractivity contribution in [2.24, 2.45) is 0 Å². The molecule has 0 unspecified atom stereocenters. The Bertz CT molecular complexity index is 588. The SMILES string of the molecule is O=S(=O)(NC1(CO)CCOCC1)c1cnc(Cl)c(Cl)c1. The lowest BCUT2D eigenvalue weighted by atomic mass is 9.93. The number of hydrogen-bond acceptors (Lipinski definition) is 5. The Morgan fingerprint density at radius 2 is 2.05 bits per heavy atom. The van der Waals surface area contributed by atoms with Crippen LogP contribution in [0, 0.1) is 0 Å². The van der Waals surface area contributed by atoms with Crippen LogP contribution in [0.25, 0.3) is 0 Å². The van der Waals surface area contributed by atoms with Crippen molar-refractivity contribution in [2.45, 2.75) is 23.3 Å². The van der Waals surface area contributed by atoms with Crippen LogP contribution >= 0.6 is 23.2 Å². The molecule has 2 rings (SSSR count). The molecule has 0 spiro atoms. The number of halogens is 2. The lowest BCUT2D eigenvalue weighted by Gasteiger charge is -2.35. The van der Waals surface area contributed by atoms with E-state index < -0.39 is 15.6 Å². The summed E-state index contributed by atoms with van der Waals surface area (Å²) in [5.74, 6) is 0. The molecule has 0 aromatic carbocycles. The number of aliphatic hydroxyl groups is 1. The quantitative estimate of drug-likeness (QED) is 0.804. The number of ether oxygens (including phenoxy) is 1. The Hall–Kier alpha value is -0.440. The summed E-state index contributed by atoms with van der Waals surface area (Å²) in [7, 11) is -3.84. The highest BCUT2D eigenvalue weighted by Gasteiger charge is 2.36. The van der Waals surface area contributed by atoms with Crippen LogP contribution < -0.4 is 4.72 Å². The molecule has 0 saturated carbocycles. The molecular weight excluding hydrogens is 327 g/mol. The summed E-state index contributed by atoms with van der Waals surface area (Å²) in [4.78, 5) is 3.62. The molecule has 1 aromatic heterocycles. The minimum absolute atomic E-state index is 0.0357. The Kier molecular flexibility index (Phi) is 4.88. The maximum absolute atomic E-state index is 12.3. The number of nitrogens with one attached hydrogen (secondary N) is 1. The molecule has 9 heteroatoms. The summed E-state index contributed by atoms with van der Waals surface area (Å²) < 4.78 is 32.4. The number of sulfonamides is 1. The minimum atomic E-state index is -3.84. The van der Waals surface area contributed by atoms with Gasteiger partial charge in [0.2, 0.25) is 10.0 Å². The van der Waals surface area contributed by atoms with Gasteiger partial charge in [0, 0.05) is 19.4 Å². The first-order valence-corrected chi connectivity index (χ1v) is 8.16. The zero-order valence-corrected chi connectivity index (χ0v) is 12.8. The van der Waals surface area contributed by atoms with E-state index in [0.717, 1.165) is 6.20 Å². The first kappa shape index (κ1) is 15.9. The fourth-order valence-electron chi connectivity index (χ4n) is 1.95. The Morgan fingerprint density at radius 1 is 1.40 bits per heavy atom. The first-order chi connectivity index (χ1) is 9.38. The van der Waals surface area contributed by atoms with E-state index in [1.807, 2.05) is 0 Å². The third-order valence-electron chi connectivity index (χ3n) is 3.18. The normalized spacial score (nSPS) is 18.9. The predicted molar refractivity (Wildman–Crippen MR) is 74.4 cm³/mol. The van der Waals surface area contributed by atoms with E-state index in [9.17, 15) is 13.5 Å². The molecule has 1 aromatic rings. The molecule has 2 N–H and O–H groups in total. The second-order valence-electron chi connectivity index (χ2n) is 4.60. The van der Waals surface area contributed by atoms with Crippen LogP contribution in [0.15, 0.2) is 17.2 Å². The Balaban J connectivity index is 2.27. The van der Waals surface area contributed by atoms with Crippen LogP contribution in [-0.2, 0) is 14.8 Å². The number of pyridine rings is 1. The minimum Gasteiger partial charge on any atom is -0.394 e. The van der Waals surface area contributed by atoms with Crippen LogP contribution in [0.2, 0.25) is 10.2 Å². The lowest BCUT2D eigenvalue weighted by Crippen LogP contribution is -2.54. The monoisotopic (exact) mass is 340 g/mol. The van der Waals surface area contributed by atoms with Crippen molar-refractivity contribution in [3.63, 3.8) is 0 Å². The largest absolute Gasteiger partial charge is 0.394 e. The van der Waals surface area contributed by atoms with Gasteiger partial charge in [0.25, 0.3) is 0 Å². The third kappa shape index (κ3) is 3.41. The predicted octanol–water partition coefficient (Wildman–Crippen LogP) is 1.21. The number of nitrogens with zero attached hydrogens (tertiary/aromatic N) is 1. The van der Waals surface area contributed by atoms with E-state index in [4.69, 9.17) is 27.9 Å². The van der Waals surface area contributed by atoms with E-state index in [2.05, 4.69) is 9.71 Å². The van der Waals surface area contributed by atoms with Crippen LogP contribution in [0.1, 0.15) is 12.8 Å². The van der Waals surface area contributed by atoms with Gasteiger partial charge in [-0.3, -0.25) is 0 Å². The number of aliphatic hydroxyl groups excluding tert-OH is 1. The van der Waals surface area contributed by atoms with Crippen LogP contribution in [0.4, 0.5) is 0 Å². The average molecular weight is 341 g/mol. The van der Waals surface area contributed by atoms with Crippen molar-refractivity contribution < 1.29 is 18.3 Å². The van der Waals surface area contributed by atoms with Crippen molar-refractivity contribution in [3.05, 3.63) is 22.4 Å². The van der Waals surface area contributed by atoms with Gasteiger partial charge >= 0.3 is 0 Å². The zero-order valence-electron chi connectivity index (χ0n) is 10.5. The number of aromatic nitrogens is 1. The molecule has 0 radical (unpaired) electrons. The van der Waals surface area contributed by atoms with Crippen LogP contribution in [0.5, 0.6) is 0 Å². The second kappa shape index (κ2) is 6.13. The van der Waals surface area contributed by atoms with Gasteiger partial charge < -0.3 is 9.84 Å². The molecule has 1 aliphatic heterocycles. The Morgan fingerprint density at radius 3 is 2.60 bits per heavy atom. The first-order valence-electron chi connectivity index (χ1n) is 5.92. The summed E-state index contributed by atoms with van der Waals surface area (Å²) in [5.41, 5.74) is -0.913. The van der Waals surface area contributed by atoms with E-state index in [-0.39, 0.29) is 21.7 Å². The van der Waals surface area contributed by atoms with Crippen molar-refractivity contribution in [1.82, 2.24) is 9.71 Å². The van der Waals surface area contributed by atoms with Gasteiger partial charge in [-0.1, -0.05) is 23.2 Å². The molecular formula is C11H14Cl2N2O4S. The smallest absolute Gasteiger partial charge is 0.242 e. The summed E-state index contributed by atoms with van der Waals surface area (Å²) in [6.07, 6.45) is 1.93. The third-order valence-corrected chi connectivity index (χ3v) is 5.42. The van der Waals surface area contributed by atoms with E-state index in [1.165, 1.54) is 6.07 Å². The molecule has 0 bridgehead atoms. The highest BCUT2D eigenvalue weighted by Crippen LogP contribution is 2.26. The molecule has 1 saturated heterocycles. The van der Waals surface area contributed by atoms with Gasteiger partial charge in [-0.2, -0.15) is 0 Å². The molecule has 0 aliphatic carbocycles. The van der Waals surface area contributed by atoms with Gasteiger partial charge in [-0.15, -0.1) is 0 Å². The van der Waals surface area contributed by atoms with E-state index in [0.29, 0.717) is 26.1 Å². The molecule has 6 nitrogen and oxygen atoms in total. The second-order valence-corrected chi connectivity index (χ2v) is 7.05. The van der Waals surface area contributed by atoms with Gasteiger partial charge in [0.1, 0.15) is 10.0 Å². The standard InChI is InChI=1S/C11H14Cl2N2O4S/c12-9-5-8(6-14-10(9)13)20(17,18)15-11(7-16)1-3-19-4-2-11/h5-6,15-16H,1-4,7H2. The van der Waals surface area contributed by atoms with Crippen LogP contribution in [0.3, 0.4) is 0 Å². The molecule has 0 amide bonds. The van der Waals surface area contributed by atoms with E-state index >= 15 is 0 Å². The highest BCUT2D eigenvalue weighted by molar-refractivity contribution is 7.89. The average Bonchev–Trinajstić information content (AvgIpc) is 2.42. The van der Waals surface area contributed by atoms with E-state index in [1.54, 1.807) is 0 Å². The number of rotatable bonds is 4. The van der Waals surface area contributed by atoms with Crippen molar-refractivity contribution in [2.75, 3.05) is 19.8 Å². The topological polar surface area (TPSA) is 88.5 Å². The van der Waals surface area contributed by atoms with Crippen molar-refractivity contribution >= 4 is 33.2 Å². The van der Waals surface area contributed by atoms with Gasteiger partial charge in [0.05, 0.1) is 17.2 Å². The van der Waals surface area contributed by atoms with Gasteiger partial charge in [-0.25, -0.2) is 18.1 Å². The molecule has 2 heterocycles. The summed E-state index contributed by atoms with van der Waals surface area (Å²) in [6.45, 7) is 0.482. The molecule has 112 valence electrons. The molecule has 20 heavy (non-hydrogen) atoms. The molecule has 1 fully saturated rings. The van der Waals surface area contributed by atoms with Crippen molar-refractivity contribution in [3.8, 4) is 0 Å². The summed E-state index contributed by atoms with van der Waals surface area (Å²) in [6, 6.07) is 1.23. The van der Waals surface area contributed by atoms with Gasteiger partial charge in [-0.05, 0) is 18.9 Å². The molecule has 1 aliphatic rings. The number of hydrogen-bond donors (Lipinski definition) is 2.